The first kappa shape index (κ1) is 20.5. The van der Waals surface area contributed by atoms with Gasteiger partial charge in [0.25, 0.3) is 5.92 Å². The van der Waals surface area contributed by atoms with E-state index in [0.717, 1.165) is 6.26 Å². The maximum atomic E-state index is 14.2. The molecule has 1 aliphatic heterocycles. The first-order chi connectivity index (χ1) is 14.2. The van der Waals surface area contributed by atoms with Crippen molar-refractivity contribution in [2.45, 2.75) is 17.2 Å². The highest BCUT2D eigenvalue weighted by Crippen LogP contribution is 2.32. The van der Waals surface area contributed by atoms with Crippen LogP contribution in [0.1, 0.15) is 6.42 Å². The van der Waals surface area contributed by atoms with E-state index < -0.39 is 21.7 Å². The lowest BCUT2D eigenvalue weighted by Gasteiger charge is -2.32. The summed E-state index contributed by atoms with van der Waals surface area (Å²) in [5.74, 6) is -3.25. The summed E-state index contributed by atoms with van der Waals surface area (Å²) in [6.45, 7) is 0.556. The summed E-state index contributed by atoms with van der Waals surface area (Å²) in [4.78, 5) is 13.4. The number of fused-ring (bicyclic) bond motifs is 1. The first-order valence-corrected chi connectivity index (χ1v) is 11.4. The summed E-state index contributed by atoms with van der Waals surface area (Å²) in [5.41, 5.74) is 2.27. The van der Waals surface area contributed by atoms with Gasteiger partial charge >= 0.3 is 0 Å². The van der Waals surface area contributed by atoms with Crippen LogP contribution in [0.5, 0.6) is 0 Å². The number of hydrogen-bond acceptors (Lipinski definition) is 7. The van der Waals surface area contributed by atoms with Crippen LogP contribution in [-0.2, 0) is 9.84 Å². The topological polar surface area (TPSA) is 96.9 Å². The zero-order valence-corrected chi connectivity index (χ0v) is 17.1. The summed E-state index contributed by atoms with van der Waals surface area (Å²) in [7, 11) is -3.31. The second-order valence-electron chi connectivity index (χ2n) is 7.37. The van der Waals surface area contributed by atoms with E-state index in [-0.39, 0.29) is 24.4 Å². The van der Waals surface area contributed by atoms with Crippen molar-refractivity contribution in [2.75, 3.05) is 31.2 Å². The van der Waals surface area contributed by atoms with Crippen molar-refractivity contribution in [3.8, 4) is 11.3 Å². The van der Waals surface area contributed by atoms with Crippen LogP contribution in [0.3, 0.4) is 0 Å². The van der Waals surface area contributed by atoms with E-state index in [1.165, 1.54) is 18.3 Å². The van der Waals surface area contributed by atoms with E-state index in [1.807, 2.05) is 0 Å². The van der Waals surface area contributed by atoms with E-state index in [2.05, 4.69) is 25.6 Å². The van der Waals surface area contributed by atoms with Crippen molar-refractivity contribution in [1.29, 1.82) is 0 Å². The molecule has 3 aromatic rings. The third-order valence-corrected chi connectivity index (χ3v) is 6.30. The first-order valence-electron chi connectivity index (χ1n) is 9.49. The van der Waals surface area contributed by atoms with E-state index in [1.54, 1.807) is 24.4 Å². The van der Waals surface area contributed by atoms with Crippen molar-refractivity contribution in [3.05, 3.63) is 42.7 Å². The number of piperidine rings is 1. The fraction of sp³-hybridized carbons (Fsp3) is 0.350. The van der Waals surface area contributed by atoms with Crippen LogP contribution in [0.15, 0.2) is 47.6 Å². The largest absolute Gasteiger partial charge is 0.368 e. The standard InChI is InChI=1S/C20H21F2N5O2S/c1-30(28,29)15-4-2-13(3-5-15)16-10-17-18(25-9-8-24-17)19(27-16)26-12-14-11-23-7-6-20(14,21)22/h2-5,8-10,14,23H,6-7,11-12H2,1H3,(H,26,27). The lowest BCUT2D eigenvalue weighted by molar-refractivity contribution is -0.0728. The van der Waals surface area contributed by atoms with Gasteiger partial charge in [0.15, 0.2) is 15.7 Å². The highest BCUT2D eigenvalue weighted by Gasteiger charge is 2.41. The van der Waals surface area contributed by atoms with E-state index >= 15 is 0 Å². The molecule has 0 amide bonds. The van der Waals surface area contributed by atoms with Gasteiger partial charge < -0.3 is 10.6 Å². The second kappa shape index (κ2) is 7.84. The predicted molar refractivity (Wildman–Crippen MR) is 110 cm³/mol. The molecule has 1 saturated heterocycles. The average Bonchev–Trinajstić information content (AvgIpc) is 2.72. The molecule has 0 aliphatic carbocycles. The van der Waals surface area contributed by atoms with Crippen LogP contribution in [0.4, 0.5) is 14.6 Å². The maximum absolute atomic E-state index is 14.2. The van der Waals surface area contributed by atoms with Crippen LogP contribution < -0.4 is 10.6 Å². The number of aromatic nitrogens is 3. The Bertz CT molecular complexity index is 1170. The molecular weight excluding hydrogens is 412 g/mol. The van der Waals surface area contributed by atoms with Crippen molar-refractivity contribution >= 4 is 26.7 Å². The molecule has 158 valence electrons. The molecule has 1 fully saturated rings. The van der Waals surface area contributed by atoms with Crippen LogP contribution in [-0.4, -0.2) is 55.2 Å². The van der Waals surface area contributed by atoms with Gasteiger partial charge in [-0.15, -0.1) is 0 Å². The van der Waals surface area contributed by atoms with Gasteiger partial charge in [0.2, 0.25) is 0 Å². The number of halogens is 2. The molecule has 10 heteroatoms. The lowest BCUT2D eigenvalue weighted by atomic mass is 9.95. The Kier molecular flexibility index (Phi) is 5.37. The molecule has 1 aromatic carbocycles. The van der Waals surface area contributed by atoms with Gasteiger partial charge in [-0.05, 0) is 18.2 Å². The Balaban J connectivity index is 1.67. The summed E-state index contributed by atoms with van der Waals surface area (Å²) in [5, 5.41) is 6.03. The summed E-state index contributed by atoms with van der Waals surface area (Å²) >= 11 is 0. The molecule has 30 heavy (non-hydrogen) atoms. The quantitative estimate of drug-likeness (QED) is 0.639. The molecule has 2 N–H and O–H groups in total. The Labute approximate surface area is 172 Å². The van der Waals surface area contributed by atoms with Crippen molar-refractivity contribution < 1.29 is 17.2 Å². The van der Waals surface area contributed by atoms with Crippen LogP contribution in [0.25, 0.3) is 22.3 Å². The number of sulfone groups is 1. The minimum absolute atomic E-state index is 0.0368. The van der Waals surface area contributed by atoms with Gasteiger partial charge in [0, 0.05) is 50.3 Å². The van der Waals surface area contributed by atoms with Gasteiger partial charge in [0.05, 0.1) is 22.0 Å². The highest BCUT2D eigenvalue weighted by molar-refractivity contribution is 7.90. The molecule has 4 rings (SSSR count). The molecule has 3 heterocycles. The smallest absolute Gasteiger partial charge is 0.255 e. The van der Waals surface area contributed by atoms with Gasteiger partial charge in [-0.25, -0.2) is 27.2 Å². The van der Waals surface area contributed by atoms with Crippen molar-refractivity contribution in [3.63, 3.8) is 0 Å². The van der Waals surface area contributed by atoms with Crippen LogP contribution in [0, 0.1) is 5.92 Å². The van der Waals surface area contributed by atoms with E-state index in [9.17, 15) is 17.2 Å². The molecule has 7 nitrogen and oxygen atoms in total. The molecular formula is C20H21F2N5O2S. The Hall–Kier alpha value is -2.72. The number of alkyl halides is 2. The molecule has 0 radical (unpaired) electrons. The molecule has 1 unspecified atom stereocenters. The lowest BCUT2D eigenvalue weighted by Crippen LogP contribution is -2.47. The van der Waals surface area contributed by atoms with Crippen LogP contribution >= 0.6 is 0 Å². The van der Waals surface area contributed by atoms with Crippen molar-refractivity contribution in [1.82, 2.24) is 20.3 Å². The average molecular weight is 433 g/mol. The van der Waals surface area contributed by atoms with Gasteiger partial charge in [-0.2, -0.15) is 0 Å². The number of nitrogens with one attached hydrogen (secondary N) is 2. The summed E-state index contributed by atoms with van der Waals surface area (Å²) in [6, 6.07) is 8.07. The summed E-state index contributed by atoms with van der Waals surface area (Å²) < 4.78 is 51.7. The Morgan fingerprint density at radius 1 is 1.20 bits per heavy atom. The third-order valence-electron chi connectivity index (χ3n) is 5.17. The Morgan fingerprint density at radius 3 is 2.63 bits per heavy atom. The fourth-order valence-corrected chi connectivity index (χ4v) is 4.07. The van der Waals surface area contributed by atoms with Crippen LogP contribution in [0.2, 0.25) is 0 Å². The van der Waals surface area contributed by atoms with Gasteiger partial charge in [-0.3, -0.25) is 4.98 Å². The highest BCUT2D eigenvalue weighted by atomic mass is 32.2. The minimum atomic E-state index is -3.31. The number of anilines is 1. The number of hydrogen-bond donors (Lipinski definition) is 2. The fourth-order valence-electron chi connectivity index (χ4n) is 3.44. The maximum Gasteiger partial charge on any atom is 0.255 e. The molecule has 0 bridgehead atoms. The van der Waals surface area contributed by atoms with Crippen molar-refractivity contribution in [2.24, 2.45) is 5.92 Å². The predicted octanol–water partition coefficient (Wildman–Crippen LogP) is 2.75. The molecule has 2 aromatic heterocycles. The molecule has 1 aliphatic rings. The van der Waals surface area contributed by atoms with E-state index in [0.29, 0.717) is 34.7 Å². The molecule has 0 spiro atoms. The number of rotatable bonds is 5. The number of benzene rings is 1. The van der Waals surface area contributed by atoms with Gasteiger partial charge in [0.1, 0.15) is 5.52 Å². The summed E-state index contributed by atoms with van der Waals surface area (Å²) in [6.07, 6.45) is 4.01. The molecule has 1 atom stereocenters. The zero-order valence-electron chi connectivity index (χ0n) is 16.3. The van der Waals surface area contributed by atoms with E-state index in [4.69, 9.17) is 0 Å². The zero-order chi connectivity index (χ0) is 21.4. The number of pyridine rings is 1. The molecule has 0 saturated carbocycles. The SMILES string of the molecule is CS(=O)(=O)c1ccc(-c2cc3nccnc3c(NCC3CNCCC3(F)F)n2)cc1. The minimum Gasteiger partial charge on any atom is -0.368 e. The van der Waals surface area contributed by atoms with Gasteiger partial charge in [-0.1, -0.05) is 12.1 Å². The Morgan fingerprint density at radius 2 is 1.93 bits per heavy atom. The monoisotopic (exact) mass is 433 g/mol. The second-order valence-corrected chi connectivity index (χ2v) is 9.39. The number of nitrogens with zero attached hydrogens (tertiary/aromatic N) is 3. The third kappa shape index (κ3) is 4.24. The normalized spacial score (nSPS) is 19.0.